The summed E-state index contributed by atoms with van der Waals surface area (Å²) < 4.78 is 0. The Hall–Kier alpha value is -1.58. The van der Waals surface area contributed by atoms with Gasteiger partial charge in [0.1, 0.15) is 0 Å². The van der Waals surface area contributed by atoms with Crippen molar-refractivity contribution < 1.29 is 19.8 Å². The van der Waals surface area contributed by atoms with E-state index in [0.717, 1.165) is 25.7 Å². The lowest BCUT2D eigenvalue weighted by Gasteiger charge is -2.04. The highest BCUT2D eigenvalue weighted by Crippen LogP contribution is 2.16. The first-order valence-corrected chi connectivity index (χ1v) is 17.9. The Morgan fingerprint density at radius 1 is 0.293 bits per heavy atom. The molecular formula is C37H68O4. The van der Waals surface area contributed by atoms with Crippen LogP contribution in [0.1, 0.15) is 199 Å². The SMILES string of the molecule is O=C(O)C=CCCCCCCCCCCCCCCCCCCCCCCCCCCCCCCCC=CC(=O)O. The van der Waals surface area contributed by atoms with Gasteiger partial charge >= 0.3 is 11.9 Å². The van der Waals surface area contributed by atoms with Gasteiger partial charge < -0.3 is 10.2 Å². The lowest BCUT2D eigenvalue weighted by molar-refractivity contribution is -0.132. The Morgan fingerprint density at radius 3 is 0.585 bits per heavy atom. The number of aliphatic carboxylic acids is 2. The van der Waals surface area contributed by atoms with Crippen molar-refractivity contribution in [2.45, 2.75) is 199 Å². The van der Waals surface area contributed by atoms with Crippen molar-refractivity contribution >= 4 is 11.9 Å². The standard InChI is InChI=1S/C37H68O4/c38-36(39)34-32-30-28-26-24-22-20-18-16-14-12-10-8-6-4-2-1-3-5-7-9-11-13-15-17-19-21-23-25-27-29-31-33-35-37(40)41/h32-35H,1-31H2,(H,38,39)(H,40,41). The van der Waals surface area contributed by atoms with Gasteiger partial charge in [-0.15, -0.1) is 0 Å². The molecule has 0 aliphatic heterocycles. The summed E-state index contributed by atoms with van der Waals surface area (Å²) in [6.45, 7) is 0. The molecule has 0 saturated carbocycles. The molecule has 240 valence electrons. The molecule has 41 heavy (non-hydrogen) atoms. The normalized spacial score (nSPS) is 11.7. The van der Waals surface area contributed by atoms with Crippen LogP contribution in [0.2, 0.25) is 0 Å². The Bertz CT molecular complexity index is 558. The molecule has 0 bridgehead atoms. The van der Waals surface area contributed by atoms with Crippen LogP contribution in [-0.4, -0.2) is 22.2 Å². The maximum atomic E-state index is 10.4. The molecule has 0 aliphatic carbocycles. The van der Waals surface area contributed by atoms with E-state index in [2.05, 4.69) is 0 Å². The lowest BCUT2D eigenvalue weighted by Crippen LogP contribution is -1.86. The zero-order chi connectivity index (χ0) is 29.9. The van der Waals surface area contributed by atoms with Gasteiger partial charge in [0.05, 0.1) is 0 Å². The van der Waals surface area contributed by atoms with E-state index in [-0.39, 0.29) is 0 Å². The molecule has 0 aromatic carbocycles. The highest BCUT2D eigenvalue weighted by Gasteiger charge is 1.97. The molecule has 4 nitrogen and oxygen atoms in total. The summed E-state index contributed by atoms with van der Waals surface area (Å²) in [5.74, 6) is -1.67. The van der Waals surface area contributed by atoms with Gasteiger partial charge in [0.15, 0.2) is 0 Å². The zero-order valence-corrected chi connectivity index (χ0v) is 26.9. The van der Waals surface area contributed by atoms with E-state index < -0.39 is 11.9 Å². The second kappa shape index (κ2) is 34.6. The van der Waals surface area contributed by atoms with Gasteiger partial charge in [-0.25, -0.2) is 9.59 Å². The maximum Gasteiger partial charge on any atom is 0.327 e. The number of hydrogen-bond donors (Lipinski definition) is 2. The van der Waals surface area contributed by atoms with Gasteiger partial charge in [0, 0.05) is 12.2 Å². The number of carbonyl (C=O) groups is 2. The van der Waals surface area contributed by atoms with Crippen molar-refractivity contribution in [2.75, 3.05) is 0 Å². The Kier molecular flexibility index (Phi) is 33.3. The van der Waals surface area contributed by atoms with Crippen molar-refractivity contribution in [1.82, 2.24) is 0 Å². The molecule has 0 saturated heterocycles. The van der Waals surface area contributed by atoms with Crippen molar-refractivity contribution in [3.63, 3.8) is 0 Å². The van der Waals surface area contributed by atoms with E-state index in [1.807, 2.05) is 0 Å². The second-order valence-electron chi connectivity index (χ2n) is 12.3. The van der Waals surface area contributed by atoms with Gasteiger partial charge in [-0.05, 0) is 25.7 Å². The van der Waals surface area contributed by atoms with E-state index in [9.17, 15) is 9.59 Å². The number of rotatable bonds is 34. The van der Waals surface area contributed by atoms with E-state index in [0.29, 0.717) is 0 Å². The molecular weight excluding hydrogens is 508 g/mol. The summed E-state index contributed by atoms with van der Waals surface area (Å²) in [6.07, 6.45) is 47.6. The molecule has 0 heterocycles. The van der Waals surface area contributed by atoms with Crippen LogP contribution < -0.4 is 0 Å². The highest BCUT2D eigenvalue weighted by molar-refractivity contribution is 5.79. The number of carboxylic acid groups (broad SMARTS) is 2. The molecule has 0 atom stereocenters. The highest BCUT2D eigenvalue weighted by atomic mass is 16.4. The van der Waals surface area contributed by atoms with Crippen molar-refractivity contribution in [3.8, 4) is 0 Å². The van der Waals surface area contributed by atoms with Crippen LogP contribution in [0.25, 0.3) is 0 Å². The third-order valence-corrected chi connectivity index (χ3v) is 8.26. The van der Waals surface area contributed by atoms with Crippen molar-refractivity contribution in [3.05, 3.63) is 24.3 Å². The Balaban J connectivity index is 3.07. The Morgan fingerprint density at radius 2 is 0.439 bits per heavy atom. The molecule has 0 amide bonds. The van der Waals surface area contributed by atoms with E-state index in [1.165, 1.54) is 186 Å². The number of carboxylic acids is 2. The third kappa shape index (κ3) is 38.4. The zero-order valence-electron chi connectivity index (χ0n) is 26.9. The smallest absolute Gasteiger partial charge is 0.327 e. The molecule has 0 fully saturated rings. The third-order valence-electron chi connectivity index (χ3n) is 8.26. The van der Waals surface area contributed by atoms with Crippen LogP contribution in [-0.2, 0) is 9.59 Å². The number of allylic oxidation sites excluding steroid dienone is 2. The first kappa shape index (κ1) is 39.4. The lowest BCUT2D eigenvalue weighted by atomic mass is 10.0. The average molecular weight is 577 g/mol. The van der Waals surface area contributed by atoms with E-state index >= 15 is 0 Å². The first-order valence-electron chi connectivity index (χ1n) is 17.9. The van der Waals surface area contributed by atoms with Crippen LogP contribution in [0.15, 0.2) is 24.3 Å². The van der Waals surface area contributed by atoms with Gasteiger partial charge in [-0.3, -0.25) is 0 Å². The summed E-state index contributed by atoms with van der Waals surface area (Å²) in [7, 11) is 0. The minimum Gasteiger partial charge on any atom is -0.478 e. The molecule has 0 rings (SSSR count). The minimum atomic E-state index is -0.835. The fourth-order valence-corrected chi connectivity index (χ4v) is 5.67. The minimum absolute atomic E-state index is 0.835. The van der Waals surface area contributed by atoms with Gasteiger partial charge in [0.2, 0.25) is 0 Å². The molecule has 0 aliphatic rings. The van der Waals surface area contributed by atoms with Crippen molar-refractivity contribution in [1.29, 1.82) is 0 Å². The second-order valence-corrected chi connectivity index (χ2v) is 12.3. The van der Waals surface area contributed by atoms with Gasteiger partial charge in [-0.1, -0.05) is 186 Å². The van der Waals surface area contributed by atoms with Crippen LogP contribution in [0.3, 0.4) is 0 Å². The summed E-state index contributed by atoms with van der Waals surface area (Å²) in [6, 6.07) is 0. The fraction of sp³-hybridized carbons (Fsp3) is 0.838. The topological polar surface area (TPSA) is 74.6 Å². The van der Waals surface area contributed by atoms with Crippen LogP contribution >= 0.6 is 0 Å². The molecule has 0 radical (unpaired) electrons. The fourth-order valence-electron chi connectivity index (χ4n) is 5.67. The average Bonchev–Trinajstić information content (AvgIpc) is 2.94. The quantitative estimate of drug-likeness (QED) is 0.0590. The number of unbranched alkanes of at least 4 members (excludes halogenated alkanes) is 30. The summed E-state index contributed by atoms with van der Waals surface area (Å²) >= 11 is 0. The van der Waals surface area contributed by atoms with E-state index in [1.54, 1.807) is 12.2 Å². The molecule has 0 aromatic rings. The number of hydrogen-bond acceptors (Lipinski definition) is 2. The van der Waals surface area contributed by atoms with E-state index in [4.69, 9.17) is 10.2 Å². The summed E-state index contributed by atoms with van der Waals surface area (Å²) in [5.41, 5.74) is 0. The molecule has 0 aromatic heterocycles. The monoisotopic (exact) mass is 577 g/mol. The maximum absolute atomic E-state index is 10.4. The largest absolute Gasteiger partial charge is 0.478 e. The van der Waals surface area contributed by atoms with Gasteiger partial charge in [-0.2, -0.15) is 0 Å². The molecule has 2 N–H and O–H groups in total. The molecule has 0 spiro atoms. The predicted octanol–water partition coefficient (Wildman–Crippen LogP) is 12.4. The Labute approximate surface area is 254 Å². The van der Waals surface area contributed by atoms with Gasteiger partial charge in [0.25, 0.3) is 0 Å². The summed E-state index contributed by atoms with van der Waals surface area (Å²) in [4.78, 5) is 20.8. The van der Waals surface area contributed by atoms with Crippen LogP contribution in [0, 0.1) is 0 Å². The summed E-state index contributed by atoms with van der Waals surface area (Å²) in [5, 5.41) is 17.1. The predicted molar refractivity (Wildman–Crippen MR) is 177 cm³/mol. The first-order chi connectivity index (χ1) is 20.1. The van der Waals surface area contributed by atoms with Crippen molar-refractivity contribution in [2.24, 2.45) is 0 Å². The van der Waals surface area contributed by atoms with Crippen LogP contribution in [0.4, 0.5) is 0 Å². The van der Waals surface area contributed by atoms with Crippen LogP contribution in [0.5, 0.6) is 0 Å². The molecule has 0 unspecified atom stereocenters. The molecule has 4 heteroatoms.